The lowest BCUT2D eigenvalue weighted by atomic mass is 9.70. The summed E-state index contributed by atoms with van der Waals surface area (Å²) < 4.78 is 0. The van der Waals surface area contributed by atoms with Crippen LogP contribution in [0.1, 0.15) is 80.1 Å². The van der Waals surface area contributed by atoms with Crippen LogP contribution < -0.4 is 5.32 Å². The molecule has 0 aromatic carbocycles. The van der Waals surface area contributed by atoms with E-state index in [1.807, 2.05) is 0 Å². The summed E-state index contributed by atoms with van der Waals surface area (Å²) in [4.78, 5) is 2.75. The quantitative estimate of drug-likeness (QED) is 0.813. The summed E-state index contributed by atoms with van der Waals surface area (Å²) in [5, 5.41) is 3.81. The average molecular weight is 309 g/mol. The van der Waals surface area contributed by atoms with E-state index in [1.165, 1.54) is 58.2 Å². The molecule has 2 heteroatoms. The molecule has 1 aliphatic carbocycles. The fourth-order valence-electron chi connectivity index (χ4n) is 4.53. The lowest BCUT2D eigenvalue weighted by Gasteiger charge is -2.41. The van der Waals surface area contributed by atoms with Gasteiger partial charge in [-0.2, -0.15) is 0 Å². The van der Waals surface area contributed by atoms with Crippen LogP contribution >= 0.6 is 0 Å². The van der Waals surface area contributed by atoms with E-state index < -0.39 is 0 Å². The Hall–Kier alpha value is -0.0800. The smallest absolute Gasteiger partial charge is 0.0200 e. The molecule has 0 aromatic heterocycles. The molecule has 0 unspecified atom stereocenters. The van der Waals surface area contributed by atoms with Gasteiger partial charge < -0.3 is 10.2 Å². The van der Waals surface area contributed by atoms with Crippen LogP contribution in [0.15, 0.2) is 0 Å². The van der Waals surface area contributed by atoms with E-state index in [0.29, 0.717) is 11.5 Å². The molecule has 1 aliphatic heterocycles. The first-order chi connectivity index (χ1) is 10.1. The first-order valence-corrected chi connectivity index (χ1v) is 9.63. The van der Waals surface area contributed by atoms with Crippen molar-refractivity contribution in [2.75, 3.05) is 19.6 Å². The molecule has 0 spiro atoms. The van der Waals surface area contributed by atoms with Crippen LogP contribution in [0.5, 0.6) is 0 Å². The minimum atomic E-state index is 0.248. The molecule has 1 atom stereocenters. The molecule has 1 heterocycles. The van der Waals surface area contributed by atoms with Crippen molar-refractivity contribution in [1.82, 2.24) is 10.2 Å². The zero-order valence-corrected chi connectivity index (χ0v) is 16.0. The summed E-state index contributed by atoms with van der Waals surface area (Å²) in [7, 11) is 0. The molecule has 2 aliphatic rings. The number of piperidine rings is 1. The van der Waals surface area contributed by atoms with Gasteiger partial charge in [0.15, 0.2) is 0 Å². The highest BCUT2D eigenvalue weighted by Crippen LogP contribution is 2.40. The first-order valence-electron chi connectivity index (χ1n) is 9.63. The number of nitrogens with zero attached hydrogens (tertiary/aromatic N) is 1. The van der Waals surface area contributed by atoms with Crippen molar-refractivity contribution in [1.29, 1.82) is 0 Å². The van der Waals surface area contributed by atoms with Gasteiger partial charge in [-0.25, -0.2) is 0 Å². The Morgan fingerprint density at radius 1 is 0.909 bits per heavy atom. The fraction of sp³-hybridized carbons (Fsp3) is 1.00. The van der Waals surface area contributed by atoms with Gasteiger partial charge in [0.2, 0.25) is 0 Å². The maximum absolute atomic E-state index is 3.81. The van der Waals surface area contributed by atoms with Crippen LogP contribution in [0.25, 0.3) is 0 Å². The number of hydrogen-bond acceptors (Lipinski definition) is 2. The van der Waals surface area contributed by atoms with E-state index in [2.05, 4.69) is 51.8 Å². The molecule has 1 N–H and O–H groups in total. The second kappa shape index (κ2) is 7.21. The molecular formula is C20H40N2. The zero-order valence-electron chi connectivity index (χ0n) is 16.0. The molecular weight excluding hydrogens is 268 g/mol. The van der Waals surface area contributed by atoms with E-state index in [4.69, 9.17) is 0 Å². The Labute approximate surface area is 139 Å². The van der Waals surface area contributed by atoms with Crippen LogP contribution in [0.4, 0.5) is 0 Å². The van der Waals surface area contributed by atoms with Gasteiger partial charge in [0.05, 0.1) is 0 Å². The Morgan fingerprint density at radius 3 is 2.09 bits per heavy atom. The van der Waals surface area contributed by atoms with Crippen molar-refractivity contribution in [3.05, 3.63) is 0 Å². The maximum Gasteiger partial charge on any atom is 0.0200 e. The van der Waals surface area contributed by atoms with Crippen molar-refractivity contribution >= 4 is 0 Å². The van der Waals surface area contributed by atoms with Crippen molar-refractivity contribution < 1.29 is 0 Å². The van der Waals surface area contributed by atoms with E-state index in [-0.39, 0.29) is 5.54 Å². The van der Waals surface area contributed by atoms with Gasteiger partial charge in [0, 0.05) is 24.7 Å². The third-order valence-electron chi connectivity index (χ3n) is 5.73. The molecule has 0 aromatic rings. The third kappa shape index (κ3) is 5.85. The summed E-state index contributed by atoms with van der Waals surface area (Å²) in [5.74, 6) is 1.90. The first kappa shape index (κ1) is 18.3. The predicted molar refractivity (Wildman–Crippen MR) is 97.3 cm³/mol. The van der Waals surface area contributed by atoms with E-state index in [1.54, 1.807) is 0 Å². The number of rotatable bonds is 3. The fourth-order valence-corrected chi connectivity index (χ4v) is 4.53. The second-order valence-corrected chi connectivity index (χ2v) is 10.1. The van der Waals surface area contributed by atoms with Crippen molar-refractivity contribution in [2.24, 2.45) is 17.3 Å². The molecule has 2 rings (SSSR count). The summed E-state index contributed by atoms with van der Waals surface area (Å²) in [6.45, 7) is 18.1. The van der Waals surface area contributed by atoms with E-state index in [9.17, 15) is 0 Å². The monoisotopic (exact) mass is 308 g/mol. The Morgan fingerprint density at radius 2 is 1.55 bits per heavy atom. The molecule has 22 heavy (non-hydrogen) atoms. The van der Waals surface area contributed by atoms with Crippen LogP contribution in [0.3, 0.4) is 0 Å². The Balaban J connectivity index is 1.75. The SMILES string of the molecule is CC(C)(C)N[C@H]1CCCN(CC2CCC(C(C)(C)C)CC2)C1. The molecule has 1 saturated carbocycles. The minimum Gasteiger partial charge on any atom is -0.308 e. The Kier molecular flexibility index (Phi) is 5.99. The number of likely N-dealkylation sites (tertiary alicyclic amines) is 1. The highest BCUT2D eigenvalue weighted by molar-refractivity contribution is 4.86. The minimum absolute atomic E-state index is 0.248. The van der Waals surface area contributed by atoms with Crippen LogP contribution in [-0.2, 0) is 0 Å². The third-order valence-corrected chi connectivity index (χ3v) is 5.73. The molecule has 2 nitrogen and oxygen atoms in total. The van der Waals surface area contributed by atoms with Gasteiger partial charge in [-0.1, -0.05) is 20.8 Å². The van der Waals surface area contributed by atoms with Crippen LogP contribution in [0, 0.1) is 17.3 Å². The van der Waals surface area contributed by atoms with Crippen LogP contribution in [-0.4, -0.2) is 36.1 Å². The van der Waals surface area contributed by atoms with Gasteiger partial charge in [0.25, 0.3) is 0 Å². The zero-order chi connectivity index (χ0) is 16.4. The van der Waals surface area contributed by atoms with Crippen molar-refractivity contribution in [2.45, 2.75) is 91.6 Å². The standard InChI is InChI=1S/C20H40N2/c1-19(2,3)17-11-9-16(10-12-17)14-22-13-7-8-18(15-22)21-20(4,5)6/h16-18,21H,7-15H2,1-6H3/t16?,17?,18-/m0/s1. The van der Waals surface area contributed by atoms with Crippen LogP contribution in [0.2, 0.25) is 0 Å². The topological polar surface area (TPSA) is 15.3 Å². The maximum atomic E-state index is 3.81. The molecule has 0 radical (unpaired) electrons. The normalized spacial score (nSPS) is 32.2. The number of hydrogen-bond donors (Lipinski definition) is 1. The van der Waals surface area contributed by atoms with Gasteiger partial charge >= 0.3 is 0 Å². The largest absolute Gasteiger partial charge is 0.308 e. The van der Waals surface area contributed by atoms with Crippen molar-refractivity contribution in [3.8, 4) is 0 Å². The van der Waals surface area contributed by atoms with Gasteiger partial charge in [0.1, 0.15) is 0 Å². The predicted octanol–water partition coefficient (Wildman–Crippen LogP) is 4.69. The molecule has 0 amide bonds. The lowest BCUT2D eigenvalue weighted by molar-refractivity contribution is 0.104. The molecule has 0 bridgehead atoms. The lowest BCUT2D eigenvalue weighted by Crippen LogP contribution is -2.52. The van der Waals surface area contributed by atoms with Crippen molar-refractivity contribution in [3.63, 3.8) is 0 Å². The Bertz CT molecular complexity index is 329. The molecule has 2 fully saturated rings. The van der Waals surface area contributed by atoms with Gasteiger partial charge in [-0.15, -0.1) is 0 Å². The van der Waals surface area contributed by atoms with Gasteiger partial charge in [-0.05, 0) is 83.1 Å². The van der Waals surface area contributed by atoms with Gasteiger partial charge in [-0.3, -0.25) is 0 Å². The summed E-state index contributed by atoms with van der Waals surface area (Å²) in [5.41, 5.74) is 0.760. The highest BCUT2D eigenvalue weighted by atomic mass is 15.2. The summed E-state index contributed by atoms with van der Waals surface area (Å²) in [6.07, 6.45) is 8.53. The summed E-state index contributed by atoms with van der Waals surface area (Å²) >= 11 is 0. The number of nitrogens with one attached hydrogen (secondary N) is 1. The van der Waals surface area contributed by atoms with E-state index >= 15 is 0 Å². The molecule has 1 saturated heterocycles. The highest BCUT2D eigenvalue weighted by Gasteiger charge is 2.31. The second-order valence-electron chi connectivity index (χ2n) is 10.1. The average Bonchev–Trinajstić information content (AvgIpc) is 2.36. The summed E-state index contributed by atoms with van der Waals surface area (Å²) in [6, 6.07) is 0.694. The molecule has 130 valence electrons. The van der Waals surface area contributed by atoms with E-state index in [0.717, 1.165) is 11.8 Å².